The second kappa shape index (κ2) is 3.99. The van der Waals surface area contributed by atoms with Crippen molar-refractivity contribution in [2.45, 2.75) is 6.54 Å². The number of hydrogen-bond donors (Lipinski definition) is 1. The van der Waals surface area contributed by atoms with Crippen molar-refractivity contribution in [1.29, 1.82) is 0 Å². The van der Waals surface area contributed by atoms with Gasteiger partial charge in [0.2, 0.25) is 0 Å². The Morgan fingerprint density at radius 3 is 2.76 bits per heavy atom. The van der Waals surface area contributed by atoms with Crippen molar-refractivity contribution in [3.05, 3.63) is 54.6 Å². The minimum atomic E-state index is 0.454. The van der Waals surface area contributed by atoms with Crippen LogP contribution in [-0.4, -0.2) is 14.4 Å². The molecule has 1 aromatic carbocycles. The van der Waals surface area contributed by atoms with Gasteiger partial charge in [0.25, 0.3) is 0 Å². The van der Waals surface area contributed by atoms with Gasteiger partial charge in [-0.3, -0.25) is 9.38 Å². The van der Waals surface area contributed by atoms with E-state index in [4.69, 9.17) is 5.73 Å². The molecular formula is C13H12N4. The summed E-state index contributed by atoms with van der Waals surface area (Å²) in [5.41, 5.74) is 9.66. The zero-order chi connectivity index (χ0) is 11.7. The molecule has 0 fully saturated rings. The topological polar surface area (TPSA) is 56.2 Å². The van der Waals surface area contributed by atoms with Crippen molar-refractivity contribution in [3.63, 3.8) is 0 Å². The predicted octanol–water partition coefficient (Wildman–Crippen LogP) is 1.85. The van der Waals surface area contributed by atoms with E-state index in [0.29, 0.717) is 6.54 Å². The molecule has 2 N–H and O–H groups in total. The number of nitrogens with zero attached hydrogens (tertiary/aromatic N) is 3. The minimum absolute atomic E-state index is 0.454. The Morgan fingerprint density at radius 2 is 2.00 bits per heavy atom. The van der Waals surface area contributed by atoms with Gasteiger partial charge in [0.05, 0.1) is 17.6 Å². The molecule has 0 spiro atoms. The van der Waals surface area contributed by atoms with Crippen LogP contribution >= 0.6 is 0 Å². The summed E-state index contributed by atoms with van der Waals surface area (Å²) in [5, 5.41) is 0. The highest BCUT2D eigenvalue weighted by Gasteiger charge is 2.11. The molecule has 0 atom stereocenters. The molecule has 84 valence electrons. The van der Waals surface area contributed by atoms with Gasteiger partial charge in [0.15, 0.2) is 5.65 Å². The van der Waals surface area contributed by atoms with Gasteiger partial charge < -0.3 is 5.73 Å². The molecule has 17 heavy (non-hydrogen) atoms. The number of hydrogen-bond acceptors (Lipinski definition) is 3. The van der Waals surface area contributed by atoms with Crippen molar-refractivity contribution in [2.24, 2.45) is 5.73 Å². The smallest absolute Gasteiger partial charge is 0.156 e. The molecule has 0 radical (unpaired) electrons. The van der Waals surface area contributed by atoms with E-state index in [-0.39, 0.29) is 0 Å². The van der Waals surface area contributed by atoms with E-state index in [9.17, 15) is 0 Å². The van der Waals surface area contributed by atoms with Gasteiger partial charge in [-0.15, -0.1) is 0 Å². The van der Waals surface area contributed by atoms with Crippen molar-refractivity contribution >= 4 is 5.65 Å². The van der Waals surface area contributed by atoms with Crippen LogP contribution in [0.25, 0.3) is 16.9 Å². The number of fused-ring (bicyclic) bond motifs is 1. The summed E-state index contributed by atoms with van der Waals surface area (Å²) in [6.07, 6.45) is 5.37. The van der Waals surface area contributed by atoms with Crippen molar-refractivity contribution < 1.29 is 0 Å². The maximum absolute atomic E-state index is 5.82. The van der Waals surface area contributed by atoms with E-state index in [1.165, 1.54) is 0 Å². The summed E-state index contributed by atoms with van der Waals surface area (Å²) in [6.45, 7) is 0.454. The van der Waals surface area contributed by atoms with Crippen LogP contribution in [0.2, 0.25) is 0 Å². The largest absolute Gasteiger partial charge is 0.325 e. The molecule has 0 aliphatic rings. The van der Waals surface area contributed by atoms with Gasteiger partial charge >= 0.3 is 0 Å². The molecule has 3 rings (SSSR count). The fourth-order valence-electron chi connectivity index (χ4n) is 1.98. The SMILES string of the molecule is NCc1c(-c2ccccc2)nc2cnccn12. The summed E-state index contributed by atoms with van der Waals surface area (Å²) in [4.78, 5) is 8.65. The van der Waals surface area contributed by atoms with Crippen LogP contribution < -0.4 is 5.73 Å². The number of nitrogens with two attached hydrogens (primary N) is 1. The van der Waals surface area contributed by atoms with Gasteiger partial charge in [-0.1, -0.05) is 30.3 Å². The van der Waals surface area contributed by atoms with Gasteiger partial charge in [-0.2, -0.15) is 0 Å². The molecule has 2 heterocycles. The van der Waals surface area contributed by atoms with Gasteiger partial charge in [-0.25, -0.2) is 4.98 Å². The Bertz CT molecular complexity index is 643. The lowest BCUT2D eigenvalue weighted by molar-refractivity contribution is 0.953. The lowest BCUT2D eigenvalue weighted by Gasteiger charge is -2.01. The first-order chi connectivity index (χ1) is 8.40. The van der Waals surface area contributed by atoms with Crippen LogP contribution in [0.15, 0.2) is 48.9 Å². The Morgan fingerprint density at radius 1 is 1.18 bits per heavy atom. The second-order valence-electron chi connectivity index (χ2n) is 3.78. The zero-order valence-electron chi connectivity index (χ0n) is 9.24. The first-order valence-electron chi connectivity index (χ1n) is 5.46. The van der Waals surface area contributed by atoms with Gasteiger partial charge in [0.1, 0.15) is 0 Å². The molecule has 2 aromatic heterocycles. The first-order valence-corrected chi connectivity index (χ1v) is 5.46. The average Bonchev–Trinajstić information content (AvgIpc) is 2.78. The zero-order valence-corrected chi connectivity index (χ0v) is 9.24. The number of rotatable bonds is 2. The number of aromatic nitrogens is 3. The van der Waals surface area contributed by atoms with Crippen LogP contribution in [0.4, 0.5) is 0 Å². The Hall–Kier alpha value is -2.20. The van der Waals surface area contributed by atoms with E-state index in [1.54, 1.807) is 12.4 Å². The van der Waals surface area contributed by atoms with Crippen LogP contribution in [0.3, 0.4) is 0 Å². The normalized spacial score (nSPS) is 10.9. The lowest BCUT2D eigenvalue weighted by Crippen LogP contribution is -2.02. The average molecular weight is 224 g/mol. The van der Waals surface area contributed by atoms with E-state index in [1.807, 2.05) is 40.9 Å². The van der Waals surface area contributed by atoms with E-state index < -0.39 is 0 Å². The minimum Gasteiger partial charge on any atom is -0.325 e. The third kappa shape index (κ3) is 1.59. The fourth-order valence-corrected chi connectivity index (χ4v) is 1.98. The third-order valence-corrected chi connectivity index (χ3v) is 2.77. The molecule has 0 aliphatic carbocycles. The summed E-state index contributed by atoms with van der Waals surface area (Å²) in [5.74, 6) is 0. The predicted molar refractivity (Wildman–Crippen MR) is 66.3 cm³/mol. The van der Waals surface area contributed by atoms with E-state index >= 15 is 0 Å². The Balaban J connectivity index is 2.30. The summed E-state index contributed by atoms with van der Waals surface area (Å²) in [6, 6.07) is 10.1. The molecule has 0 saturated heterocycles. The van der Waals surface area contributed by atoms with Crippen molar-refractivity contribution in [2.75, 3.05) is 0 Å². The van der Waals surface area contributed by atoms with Crippen LogP contribution in [0.5, 0.6) is 0 Å². The van der Waals surface area contributed by atoms with E-state index in [0.717, 1.165) is 22.6 Å². The quantitative estimate of drug-likeness (QED) is 0.722. The van der Waals surface area contributed by atoms with Crippen molar-refractivity contribution in [1.82, 2.24) is 14.4 Å². The fraction of sp³-hybridized carbons (Fsp3) is 0.0769. The summed E-state index contributed by atoms with van der Waals surface area (Å²) in [7, 11) is 0. The van der Waals surface area contributed by atoms with Crippen LogP contribution in [0.1, 0.15) is 5.69 Å². The highest BCUT2D eigenvalue weighted by atomic mass is 15.0. The molecule has 0 aliphatic heterocycles. The molecule has 0 saturated carbocycles. The van der Waals surface area contributed by atoms with Gasteiger partial charge in [0, 0.05) is 24.5 Å². The highest BCUT2D eigenvalue weighted by Crippen LogP contribution is 2.23. The number of imidazole rings is 1. The molecular weight excluding hydrogens is 212 g/mol. The van der Waals surface area contributed by atoms with E-state index in [2.05, 4.69) is 9.97 Å². The van der Waals surface area contributed by atoms with Crippen LogP contribution in [-0.2, 0) is 6.54 Å². The third-order valence-electron chi connectivity index (χ3n) is 2.77. The summed E-state index contributed by atoms with van der Waals surface area (Å²) < 4.78 is 1.98. The Kier molecular flexibility index (Phi) is 2.34. The van der Waals surface area contributed by atoms with Crippen LogP contribution in [0, 0.1) is 0 Å². The molecule has 4 nitrogen and oxygen atoms in total. The van der Waals surface area contributed by atoms with Crippen molar-refractivity contribution in [3.8, 4) is 11.3 Å². The molecule has 0 bridgehead atoms. The highest BCUT2D eigenvalue weighted by molar-refractivity contribution is 5.66. The maximum Gasteiger partial charge on any atom is 0.156 e. The summed E-state index contributed by atoms with van der Waals surface area (Å²) >= 11 is 0. The Labute approximate surface area is 98.8 Å². The standard InChI is InChI=1S/C13H12N4/c14-8-11-13(10-4-2-1-3-5-10)16-12-9-15-6-7-17(11)12/h1-7,9H,8,14H2. The first kappa shape index (κ1) is 9.99. The number of benzene rings is 1. The monoisotopic (exact) mass is 224 g/mol. The lowest BCUT2D eigenvalue weighted by atomic mass is 10.1. The molecule has 4 heteroatoms. The molecule has 3 aromatic rings. The van der Waals surface area contributed by atoms with Gasteiger partial charge in [-0.05, 0) is 0 Å². The maximum atomic E-state index is 5.82. The molecule has 0 amide bonds. The second-order valence-corrected chi connectivity index (χ2v) is 3.78. The molecule has 0 unspecified atom stereocenters.